The van der Waals surface area contributed by atoms with Crippen molar-refractivity contribution in [2.75, 3.05) is 19.3 Å². The Labute approximate surface area is 98.1 Å². The molecule has 0 saturated carbocycles. The van der Waals surface area contributed by atoms with Crippen molar-refractivity contribution in [2.24, 2.45) is 0 Å². The van der Waals surface area contributed by atoms with Crippen molar-refractivity contribution in [3.05, 3.63) is 22.4 Å². The number of nitrogens with zero attached hydrogens (tertiary/aromatic N) is 2. The van der Waals surface area contributed by atoms with Crippen LogP contribution >= 0.6 is 0 Å². The van der Waals surface area contributed by atoms with Crippen LogP contribution in [0.15, 0.2) is 11.0 Å². The Bertz CT molecular complexity index is 499. The minimum atomic E-state index is -4.79. The number of carbonyl (C=O) groups is 1. The number of rotatable bonds is 2. The van der Waals surface area contributed by atoms with E-state index in [1.54, 1.807) is 0 Å². The van der Waals surface area contributed by atoms with Gasteiger partial charge in [-0.15, -0.1) is 5.06 Å². The van der Waals surface area contributed by atoms with Gasteiger partial charge < -0.3 is 9.72 Å². The van der Waals surface area contributed by atoms with Crippen molar-refractivity contribution in [3.63, 3.8) is 0 Å². The van der Waals surface area contributed by atoms with Crippen molar-refractivity contribution in [3.8, 4) is 0 Å². The van der Waals surface area contributed by atoms with Gasteiger partial charge in [-0.2, -0.15) is 13.2 Å². The molecular weight excluding hydrogens is 259 g/mol. The van der Waals surface area contributed by atoms with Crippen molar-refractivity contribution in [1.82, 2.24) is 9.97 Å². The SMILES string of the molecule is COC(=O)N(OC)c1cnc(C(F)(F)F)[nH]c1=O. The molecule has 0 aromatic carbocycles. The normalized spacial score (nSPS) is 11.2. The second-order valence-electron chi connectivity index (χ2n) is 2.89. The van der Waals surface area contributed by atoms with Crippen molar-refractivity contribution >= 4 is 11.8 Å². The second kappa shape index (κ2) is 5.04. The number of amides is 1. The molecule has 1 rings (SSSR count). The first-order valence-electron chi connectivity index (χ1n) is 4.40. The molecule has 1 amide bonds. The van der Waals surface area contributed by atoms with Gasteiger partial charge in [0, 0.05) is 0 Å². The zero-order chi connectivity index (χ0) is 13.9. The summed E-state index contributed by atoms with van der Waals surface area (Å²) in [6.45, 7) is 0. The standard InChI is InChI=1S/C8H8F3N3O4/c1-17-7(16)14(18-2)4-3-12-6(8(9,10)11)13-5(4)15/h3H,1-2H3,(H,12,13,15). The van der Waals surface area contributed by atoms with Gasteiger partial charge in [0.1, 0.15) is 0 Å². The molecule has 0 unspecified atom stereocenters. The van der Waals surface area contributed by atoms with Crippen molar-refractivity contribution in [2.45, 2.75) is 6.18 Å². The van der Waals surface area contributed by atoms with Crippen LogP contribution in [0, 0.1) is 0 Å². The number of anilines is 1. The highest BCUT2D eigenvalue weighted by Gasteiger charge is 2.34. The summed E-state index contributed by atoms with van der Waals surface area (Å²) in [6.07, 6.45) is -5.31. The number of ether oxygens (including phenoxy) is 1. The molecule has 1 aromatic heterocycles. The number of halogens is 3. The molecule has 0 spiro atoms. The summed E-state index contributed by atoms with van der Waals surface area (Å²) in [5, 5.41) is 0.367. The number of H-pyrrole nitrogens is 1. The number of methoxy groups -OCH3 is 1. The van der Waals surface area contributed by atoms with Gasteiger partial charge >= 0.3 is 12.3 Å². The third-order valence-electron chi connectivity index (χ3n) is 1.79. The van der Waals surface area contributed by atoms with Crippen LogP contribution in [-0.2, 0) is 15.8 Å². The van der Waals surface area contributed by atoms with E-state index in [-0.39, 0.29) is 0 Å². The lowest BCUT2D eigenvalue weighted by Gasteiger charge is -2.16. The van der Waals surface area contributed by atoms with E-state index in [1.165, 1.54) is 4.98 Å². The Hall–Kier alpha value is -2.10. The maximum atomic E-state index is 12.2. The van der Waals surface area contributed by atoms with E-state index >= 15 is 0 Å². The summed E-state index contributed by atoms with van der Waals surface area (Å²) in [5.74, 6) is -1.47. The zero-order valence-corrected chi connectivity index (χ0v) is 9.24. The predicted molar refractivity (Wildman–Crippen MR) is 51.8 cm³/mol. The summed E-state index contributed by atoms with van der Waals surface area (Å²) in [6, 6.07) is 0. The van der Waals surface area contributed by atoms with Gasteiger partial charge in [-0.1, -0.05) is 0 Å². The van der Waals surface area contributed by atoms with Crippen LogP contribution in [0.3, 0.4) is 0 Å². The summed E-state index contributed by atoms with van der Waals surface area (Å²) < 4.78 is 41.0. The first kappa shape index (κ1) is 14.0. The number of aromatic nitrogens is 2. The largest absolute Gasteiger partial charge is 0.451 e. The molecule has 1 heterocycles. The first-order chi connectivity index (χ1) is 8.31. The second-order valence-corrected chi connectivity index (χ2v) is 2.89. The highest BCUT2D eigenvalue weighted by molar-refractivity contribution is 5.84. The van der Waals surface area contributed by atoms with Gasteiger partial charge in [0.2, 0.25) is 5.82 Å². The summed E-state index contributed by atoms with van der Waals surface area (Å²) >= 11 is 0. The Morgan fingerprint density at radius 3 is 2.44 bits per heavy atom. The van der Waals surface area contributed by atoms with Crippen molar-refractivity contribution in [1.29, 1.82) is 0 Å². The topological polar surface area (TPSA) is 84.5 Å². The number of hydrogen-bond acceptors (Lipinski definition) is 5. The molecule has 0 bridgehead atoms. The van der Waals surface area contributed by atoms with Crippen molar-refractivity contribution < 1.29 is 27.5 Å². The van der Waals surface area contributed by atoms with E-state index in [9.17, 15) is 22.8 Å². The number of nitrogens with one attached hydrogen (secondary N) is 1. The molecule has 0 aliphatic heterocycles. The Morgan fingerprint density at radius 2 is 2.06 bits per heavy atom. The van der Waals surface area contributed by atoms with Gasteiger partial charge in [-0.25, -0.2) is 9.78 Å². The van der Waals surface area contributed by atoms with Gasteiger partial charge in [0.05, 0.1) is 20.4 Å². The van der Waals surface area contributed by atoms with E-state index in [0.717, 1.165) is 14.2 Å². The van der Waals surface area contributed by atoms with Crippen LogP contribution in [0.25, 0.3) is 0 Å². The fourth-order valence-corrected chi connectivity index (χ4v) is 1.03. The minimum Gasteiger partial charge on any atom is -0.451 e. The quantitative estimate of drug-likeness (QED) is 0.805. The molecule has 7 nitrogen and oxygen atoms in total. The Balaban J connectivity index is 3.20. The number of carbonyl (C=O) groups excluding carboxylic acids is 1. The van der Waals surface area contributed by atoms with E-state index in [2.05, 4.69) is 14.6 Å². The number of hydroxylamine groups is 1. The van der Waals surface area contributed by atoms with Crippen LogP contribution in [0.5, 0.6) is 0 Å². The van der Waals surface area contributed by atoms with Crippen LogP contribution in [-0.4, -0.2) is 30.3 Å². The van der Waals surface area contributed by atoms with Gasteiger partial charge in [0.25, 0.3) is 5.56 Å². The molecule has 10 heteroatoms. The molecule has 0 aliphatic carbocycles. The minimum absolute atomic E-state index is 0.367. The molecule has 18 heavy (non-hydrogen) atoms. The van der Waals surface area contributed by atoms with Gasteiger partial charge in [-0.05, 0) is 0 Å². The molecule has 0 fully saturated rings. The van der Waals surface area contributed by atoms with E-state index in [4.69, 9.17) is 0 Å². The Kier molecular flexibility index (Phi) is 3.91. The molecule has 0 aliphatic rings. The number of alkyl halides is 3. The lowest BCUT2D eigenvalue weighted by molar-refractivity contribution is -0.145. The van der Waals surface area contributed by atoms with Crippen LogP contribution in [0.2, 0.25) is 0 Å². The highest BCUT2D eigenvalue weighted by Crippen LogP contribution is 2.25. The molecular formula is C8H8F3N3O4. The number of hydrogen-bond donors (Lipinski definition) is 1. The van der Waals surface area contributed by atoms with E-state index in [1.807, 2.05) is 0 Å². The summed E-state index contributed by atoms with van der Waals surface area (Å²) in [5.41, 5.74) is -1.72. The number of aromatic amines is 1. The third kappa shape index (κ3) is 2.77. The van der Waals surface area contributed by atoms with E-state index in [0.29, 0.717) is 11.3 Å². The lowest BCUT2D eigenvalue weighted by Crippen LogP contribution is -2.35. The molecule has 0 atom stereocenters. The molecule has 0 saturated heterocycles. The summed E-state index contributed by atoms with van der Waals surface area (Å²) in [4.78, 5) is 31.5. The maximum absolute atomic E-state index is 12.2. The van der Waals surface area contributed by atoms with Gasteiger partial charge in [-0.3, -0.25) is 9.63 Å². The fourth-order valence-electron chi connectivity index (χ4n) is 1.03. The van der Waals surface area contributed by atoms with E-state index < -0.39 is 29.3 Å². The first-order valence-corrected chi connectivity index (χ1v) is 4.40. The predicted octanol–water partition coefficient (Wildman–Crippen LogP) is 0.923. The third-order valence-corrected chi connectivity index (χ3v) is 1.79. The van der Waals surface area contributed by atoms with Crippen LogP contribution in [0.4, 0.5) is 23.7 Å². The van der Waals surface area contributed by atoms with Gasteiger partial charge in [0.15, 0.2) is 5.69 Å². The summed E-state index contributed by atoms with van der Waals surface area (Å²) in [7, 11) is 2.05. The molecule has 100 valence electrons. The average molecular weight is 267 g/mol. The van der Waals surface area contributed by atoms with Crippen LogP contribution in [0.1, 0.15) is 5.82 Å². The average Bonchev–Trinajstić information content (AvgIpc) is 2.30. The molecule has 0 radical (unpaired) electrons. The fraction of sp³-hybridized carbons (Fsp3) is 0.375. The zero-order valence-electron chi connectivity index (χ0n) is 9.24. The smallest absolute Gasteiger partial charge is 0.449 e. The maximum Gasteiger partial charge on any atom is 0.449 e. The highest BCUT2D eigenvalue weighted by atomic mass is 19.4. The monoisotopic (exact) mass is 267 g/mol. The lowest BCUT2D eigenvalue weighted by atomic mass is 10.4. The molecule has 1 aromatic rings. The van der Waals surface area contributed by atoms with Crippen LogP contribution < -0.4 is 10.6 Å². The Morgan fingerprint density at radius 1 is 1.44 bits per heavy atom. The molecule has 1 N–H and O–H groups in total.